The number of nitrogen functional groups attached to an aromatic ring is 1. The van der Waals surface area contributed by atoms with Crippen molar-refractivity contribution < 1.29 is 0 Å². The summed E-state index contributed by atoms with van der Waals surface area (Å²) in [6, 6.07) is 7.63. The van der Waals surface area contributed by atoms with Crippen LogP contribution in [0.2, 0.25) is 5.02 Å². The highest BCUT2D eigenvalue weighted by Gasteiger charge is 1.99. The molecule has 1 heterocycles. The van der Waals surface area contributed by atoms with E-state index in [1.807, 2.05) is 35.1 Å². The van der Waals surface area contributed by atoms with Crippen molar-refractivity contribution in [3.05, 3.63) is 41.7 Å². The molecule has 1 aromatic heterocycles. The molecular weight excluding hydrogens is 242 g/mol. The number of aromatic nitrogens is 2. The Balaban J connectivity index is 1.87. The largest absolute Gasteiger partial charge is 0.398 e. The summed E-state index contributed by atoms with van der Waals surface area (Å²) in [4.78, 5) is 1.13. The van der Waals surface area contributed by atoms with Gasteiger partial charge in [-0.05, 0) is 24.3 Å². The van der Waals surface area contributed by atoms with Crippen molar-refractivity contribution >= 4 is 29.1 Å². The fourth-order valence-corrected chi connectivity index (χ4v) is 2.41. The maximum atomic E-state index is 5.94. The van der Waals surface area contributed by atoms with E-state index in [1.54, 1.807) is 18.0 Å². The normalized spacial score (nSPS) is 10.6. The Morgan fingerprint density at radius 3 is 3.00 bits per heavy atom. The van der Waals surface area contributed by atoms with E-state index in [0.717, 1.165) is 17.2 Å². The molecule has 0 fully saturated rings. The van der Waals surface area contributed by atoms with Crippen LogP contribution in [0.4, 0.5) is 5.69 Å². The molecule has 0 saturated carbocycles. The van der Waals surface area contributed by atoms with E-state index in [4.69, 9.17) is 17.3 Å². The first kappa shape index (κ1) is 11.4. The number of aryl methyl sites for hydroxylation is 1. The van der Waals surface area contributed by atoms with Crippen LogP contribution in [0.1, 0.15) is 0 Å². The van der Waals surface area contributed by atoms with Gasteiger partial charge in [-0.15, -0.1) is 11.8 Å². The van der Waals surface area contributed by atoms with Crippen LogP contribution in [0.15, 0.2) is 41.6 Å². The van der Waals surface area contributed by atoms with Gasteiger partial charge in [0.1, 0.15) is 0 Å². The molecule has 0 aliphatic rings. The number of hydrogen-bond acceptors (Lipinski definition) is 3. The summed E-state index contributed by atoms with van der Waals surface area (Å²) in [5, 5.41) is 4.75. The molecule has 0 atom stereocenters. The summed E-state index contributed by atoms with van der Waals surface area (Å²) in [7, 11) is 0. The molecule has 84 valence electrons. The fourth-order valence-electron chi connectivity index (χ4n) is 1.29. The number of benzene rings is 1. The average molecular weight is 254 g/mol. The monoisotopic (exact) mass is 253 g/mol. The van der Waals surface area contributed by atoms with Gasteiger partial charge in [-0.3, -0.25) is 4.68 Å². The van der Waals surface area contributed by atoms with Gasteiger partial charge >= 0.3 is 0 Å². The first-order valence-corrected chi connectivity index (χ1v) is 6.27. The lowest BCUT2D eigenvalue weighted by Gasteiger charge is -2.04. The third-order valence-corrected chi connectivity index (χ3v) is 3.42. The van der Waals surface area contributed by atoms with Crippen LogP contribution in [-0.2, 0) is 6.54 Å². The van der Waals surface area contributed by atoms with Crippen molar-refractivity contribution in [2.75, 3.05) is 11.5 Å². The molecule has 0 saturated heterocycles. The van der Waals surface area contributed by atoms with Gasteiger partial charge in [-0.1, -0.05) is 11.6 Å². The highest BCUT2D eigenvalue weighted by Crippen LogP contribution is 2.26. The second-order valence-corrected chi connectivity index (χ2v) is 4.88. The van der Waals surface area contributed by atoms with E-state index < -0.39 is 0 Å². The lowest BCUT2D eigenvalue weighted by molar-refractivity contribution is 0.666. The number of hydrogen-bond donors (Lipinski definition) is 1. The van der Waals surface area contributed by atoms with Crippen molar-refractivity contribution in [1.29, 1.82) is 0 Å². The molecule has 3 nitrogen and oxygen atoms in total. The summed E-state index contributed by atoms with van der Waals surface area (Å²) >= 11 is 7.68. The summed E-state index contributed by atoms with van der Waals surface area (Å²) < 4.78 is 1.91. The Morgan fingerprint density at radius 2 is 2.31 bits per heavy atom. The van der Waals surface area contributed by atoms with Gasteiger partial charge in [0.05, 0.1) is 17.3 Å². The minimum Gasteiger partial charge on any atom is -0.398 e. The van der Waals surface area contributed by atoms with Crippen LogP contribution in [0.5, 0.6) is 0 Å². The van der Waals surface area contributed by atoms with E-state index in [1.165, 1.54) is 0 Å². The molecule has 0 spiro atoms. The van der Waals surface area contributed by atoms with Gasteiger partial charge < -0.3 is 5.73 Å². The van der Waals surface area contributed by atoms with Crippen LogP contribution < -0.4 is 5.73 Å². The van der Waals surface area contributed by atoms with Crippen LogP contribution in [0, 0.1) is 0 Å². The Labute approximate surface area is 104 Å². The summed E-state index contributed by atoms with van der Waals surface area (Å²) in [5.74, 6) is 0.960. The number of nitrogens with zero attached hydrogens (tertiary/aromatic N) is 2. The van der Waals surface area contributed by atoms with Crippen molar-refractivity contribution in [3.8, 4) is 0 Å². The third-order valence-electron chi connectivity index (χ3n) is 2.12. The minimum atomic E-state index is 0.615. The van der Waals surface area contributed by atoms with Crippen LogP contribution in [-0.4, -0.2) is 15.5 Å². The molecular formula is C11H12ClN3S. The van der Waals surface area contributed by atoms with Gasteiger partial charge in [-0.2, -0.15) is 5.10 Å². The fraction of sp³-hybridized carbons (Fsp3) is 0.182. The Kier molecular flexibility index (Phi) is 3.74. The minimum absolute atomic E-state index is 0.615. The molecule has 0 aliphatic heterocycles. The molecule has 0 amide bonds. The summed E-state index contributed by atoms with van der Waals surface area (Å²) in [5.41, 5.74) is 6.26. The lowest BCUT2D eigenvalue weighted by Crippen LogP contribution is -2.00. The van der Waals surface area contributed by atoms with Crippen LogP contribution in [0.3, 0.4) is 0 Å². The van der Waals surface area contributed by atoms with Crippen LogP contribution in [0.25, 0.3) is 0 Å². The highest BCUT2D eigenvalue weighted by molar-refractivity contribution is 7.99. The zero-order valence-corrected chi connectivity index (χ0v) is 10.2. The molecule has 16 heavy (non-hydrogen) atoms. The molecule has 1 aromatic carbocycles. The number of anilines is 1. The number of rotatable bonds is 4. The molecule has 2 rings (SSSR count). The second-order valence-electron chi connectivity index (χ2n) is 3.30. The van der Waals surface area contributed by atoms with E-state index in [-0.39, 0.29) is 0 Å². The topological polar surface area (TPSA) is 43.8 Å². The van der Waals surface area contributed by atoms with Crippen molar-refractivity contribution in [2.45, 2.75) is 11.4 Å². The van der Waals surface area contributed by atoms with E-state index >= 15 is 0 Å². The Morgan fingerprint density at radius 1 is 1.44 bits per heavy atom. The number of thioether (sulfide) groups is 1. The SMILES string of the molecule is Nc1ccc(SCCn2cccn2)cc1Cl. The molecule has 0 bridgehead atoms. The third kappa shape index (κ3) is 2.93. The predicted octanol–water partition coefficient (Wildman–Crippen LogP) is 2.91. The van der Waals surface area contributed by atoms with Crippen molar-refractivity contribution in [3.63, 3.8) is 0 Å². The van der Waals surface area contributed by atoms with Crippen LogP contribution >= 0.6 is 23.4 Å². The lowest BCUT2D eigenvalue weighted by atomic mass is 10.3. The molecule has 5 heteroatoms. The van der Waals surface area contributed by atoms with Crippen molar-refractivity contribution in [2.24, 2.45) is 0 Å². The smallest absolute Gasteiger partial charge is 0.0646 e. The Hall–Kier alpha value is -1.13. The number of halogens is 1. The predicted molar refractivity (Wildman–Crippen MR) is 68.8 cm³/mol. The van der Waals surface area contributed by atoms with Gasteiger partial charge in [-0.25, -0.2) is 0 Å². The number of nitrogens with two attached hydrogens (primary N) is 1. The van der Waals surface area contributed by atoms with Gasteiger partial charge in [0.15, 0.2) is 0 Å². The quantitative estimate of drug-likeness (QED) is 0.673. The first-order valence-electron chi connectivity index (χ1n) is 4.91. The molecule has 0 aliphatic carbocycles. The maximum Gasteiger partial charge on any atom is 0.0646 e. The average Bonchev–Trinajstić information content (AvgIpc) is 2.76. The molecule has 2 N–H and O–H groups in total. The molecule has 0 unspecified atom stereocenters. The standard InChI is InChI=1S/C11H12ClN3S/c12-10-8-9(2-3-11(10)13)16-7-6-15-5-1-4-14-15/h1-5,8H,6-7,13H2. The second kappa shape index (κ2) is 5.27. The zero-order chi connectivity index (χ0) is 11.4. The highest BCUT2D eigenvalue weighted by atomic mass is 35.5. The van der Waals surface area contributed by atoms with E-state index in [0.29, 0.717) is 10.7 Å². The molecule has 2 aromatic rings. The van der Waals surface area contributed by atoms with Gasteiger partial charge in [0.25, 0.3) is 0 Å². The first-order chi connectivity index (χ1) is 7.75. The summed E-state index contributed by atoms with van der Waals surface area (Å²) in [6.45, 7) is 0.889. The van der Waals surface area contributed by atoms with Gasteiger partial charge in [0, 0.05) is 23.0 Å². The summed E-state index contributed by atoms with van der Waals surface area (Å²) in [6.07, 6.45) is 3.74. The van der Waals surface area contributed by atoms with E-state index in [2.05, 4.69) is 5.10 Å². The zero-order valence-electron chi connectivity index (χ0n) is 8.64. The van der Waals surface area contributed by atoms with Crippen molar-refractivity contribution in [1.82, 2.24) is 9.78 Å². The van der Waals surface area contributed by atoms with E-state index in [9.17, 15) is 0 Å². The van der Waals surface area contributed by atoms with Gasteiger partial charge in [0.2, 0.25) is 0 Å². The Bertz CT molecular complexity index is 456. The molecule has 0 radical (unpaired) electrons. The maximum absolute atomic E-state index is 5.94.